The minimum Gasteiger partial charge on any atom is -0.383 e. The van der Waals surface area contributed by atoms with Gasteiger partial charge in [0.1, 0.15) is 0 Å². The second-order valence-corrected chi connectivity index (χ2v) is 6.30. The minimum absolute atomic E-state index is 0.633. The van der Waals surface area contributed by atoms with Crippen molar-refractivity contribution in [3.8, 4) is 11.3 Å². The predicted octanol–water partition coefficient (Wildman–Crippen LogP) is 1.64. The fourth-order valence-electron chi connectivity index (χ4n) is 3.36. The summed E-state index contributed by atoms with van der Waals surface area (Å²) in [6.07, 6.45) is 6.59. The zero-order valence-corrected chi connectivity index (χ0v) is 15.3. The van der Waals surface area contributed by atoms with Gasteiger partial charge in [-0.2, -0.15) is 10.2 Å². The molecule has 0 aromatic carbocycles. The number of morpholine rings is 1. The molecule has 8 nitrogen and oxygen atoms in total. The van der Waals surface area contributed by atoms with E-state index in [1.807, 2.05) is 33.9 Å². The van der Waals surface area contributed by atoms with Gasteiger partial charge >= 0.3 is 0 Å². The van der Waals surface area contributed by atoms with Crippen LogP contribution in [0.15, 0.2) is 24.7 Å². The van der Waals surface area contributed by atoms with Crippen LogP contribution in [0.25, 0.3) is 16.9 Å². The summed E-state index contributed by atoms with van der Waals surface area (Å²) in [6, 6.07) is 2.04. The first-order chi connectivity index (χ1) is 12.8. The van der Waals surface area contributed by atoms with E-state index in [0.717, 1.165) is 67.6 Å². The van der Waals surface area contributed by atoms with Crippen LogP contribution < -0.4 is 4.90 Å². The molecule has 4 rings (SSSR count). The van der Waals surface area contributed by atoms with Crippen molar-refractivity contribution in [3.05, 3.63) is 30.4 Å². The van der Waals surface area contributed by atoms with Crippen LogP contribution in [0.3, 0.4) is 0 Å². The van der Waals surface area contributed by atoms with E-state index in [1.165, 1.54) is 0 Å². The first-order valence-corrected chi connectivity index (χ1v) is 9.03. The fourth-order valence-corrected chi connectivity index (χ4v) is 3.36. The van der Waals surface area contributed by atoms with E-state index >= 15 is 0 Å². The quantitative estimate of drug-likeness (QED) is 0.669. The summed E-state index contributed by atoms with van der Waals surface area (Å²) in [5, 5.41) is 9.03. The van der Waals surface area contributed by atoms with Gasteiger partial charge in [-0.25, -0.2) is 9.50 Å². The molecule has 1 fully saturated rings. The zero-order valence-electron chi connectivity index (χ0n) is 15.3. The Morgan fingerprint density at radius 2 is 2.08 bits per heavy atom. The van der Waals surface area contributed by atoms with Crippen LogP contribution in [-0.4, -0.2) is 64.4 Å². The molecule has 0 amide bonds. The summed E-state index contributed by atoms with van der Waals surface area (Å²) < 4.78 is 14.5. The van der Waals surface area contributed by atoms with Gasteiger partial charge in [0.05, 0.1) is 55.8 Å². The Hall–Kier alpha value is -2.45. The van der Waals surface area contributed by atoms with Crippen LogP contribution in [-0.2, 0) is 22.4 Å². The number of aryl methyl sites for hydroxylation is 1. The zero-order chi connectivity index (χ0) is 17.9. The van der Waals surface area contributed by atoms with Gasteiger partial charge in [0.25, 0.3) is 0 Å². The van der Waals surface area contributed by atoms with Gasteiger partial charge in [0.2, 0.25) is 0 Å². The molecule has 0 saturated carbocycles. The van der Waals surface area contributed by atoms with Crippen molar-refractivity contribution in [3.63, 3.8) is 0 Å². The second-order valence-electron chi connectivity index (χ2n) is 6.30. The highest BCUT2D eigenvalue weighted by Crippen LogP contribution is 2.29. The molecule has 1 aliphatic rings. The normalized spacial score (nSPS) is 15.1. The standard InChI is InChI=1S/C18H24N6O2/c1-3-15-17(14-12-20-23(13-14)8-9-25-2)24-18(21-15)16(4-5-19-24)22-6-10-26-11-7-22/h4-5,12-13H,3,6-11H2,1-2H3. The van der Waals surface area contributed by atoms with E-state index in [4.69, 9.17) is 14.5 Å². The van der Waals surface area contributed by atoms with Crippen molar-refractivity contribution in [1.29, 1.82) is 0 Å². The van der Waals surface area contributed by atoms with Crippen molar-refractivity contribution in [2.45, 2.75) is 19.9 Å². The molecule has 4 heterocycles. The summed E-state index contributed by atoms with van der Waals surface area (Å²) >= 11 is 0. The van der Waals surface area contributed by atoms with Gasteiger partial charge in [-0.3, -0.25) is 4.68 Å². The van der Waals surface area contributed by atoms with E-state index in [-0.39, 0.29) is 0 Å². The Morgan fingerprint density at radius 1 is 1.23 bits per heavy atom. The van der Waals surface area contributed by atoms with Crippen LogP contribution in [0.2, 0.25) is 0 Å². The average Bonchev–Trinajstić information content (AvgIpc) is 3.30. The number of rotatable bonds is 6. The summed E-state index contributed by atoms with van der Waals surface area (Å²) in [6.45, 7) is 6.71. The van der Waals surface area contributed by atoms with Crippen LogP contribution in [0.5, 0.6) is 0 Å². The second kappa shape index (κ2) is 7.43. The van der Waals surface area contributed by atoms with E-state index in [1.54, 1.807) is 7.11 Å². The third kappa shape index (κ3) is 3.06. The number of hydrogen-bond donors (Lipinski definition) is 0. The van der Waals surface area contributed by atoms with E-state index < -0.39 is 0 Å². The Bertz CT molecular complexity index is 881. The third-order valence-electron chi connectivity index (χ3n) is 4.69. The Balaban J connectivity index is 1.78. The number of hydrogen-bond acceptors (Lipinski definition) is 6. The Kier molecular flexibility index (Phi) is 4.85. The maximum absolute atomic E-state index is 5.48. The number of anilines is 1. The lowest BCUT2D eigenvalue weighted by Gasteiger charge is -2.28. The highest BCUT2D eigenvalue weighted by Gasteiger charge is 2.21. The summed E-state index contributed by atoms with van der Waals surface area (Å²) in [5.41, 5.74) is 5.07. The topological polar surface area (TPSA) is 69.7 Å². The molecular weight excluding hydrogens is 332 g/mol. The van der Waals surface area contributed by atoms with Crippen molar-refractivity contribution >= 4 is 11.3 Å². The van der Waals surface area contributed by atoms with Crippen LogP contribution in [0.1, 0.15) is 12.6 Å². The first-order valence-electron chi connectivity index (χ1n) is 9.03. The van der Waals surface area contributed by atoms with Gasteiger partial charge < -0.3 is 14.4 Å². The van der Waals surface area contributed by atoms with E-state index in [2.05, 4.69) is 22.0 Å². The molecule has 0 bridgehead atoms. The average molecular weight is 356 g/mol. The molecule has 8 heteroatoms. The molecule has 0 aliphatic carbocycles. The van der Waals surface area contributed by atoms with Crippen LogP contribution in [0.4, 0.5) is 5.69 Å². The number of nitrogens with zero attached hydrogens (tertiary/aromatic N) is 6. The lowest BCUT2D eigenvalue weighted by molar-refractivity contribution is 0.123. The van der Waals surface area contributed by atoms with Gasteiger partial charge in [-0.1, -0.05) is 6.92 Å². The molecule has 0 spiro atoms. The largest absolute Gasteiger partial charge is 0.383 e. The summed E-state index contributed by atoms with van der Waals surface area (Å²) in [7, 11) is 1.70. The van der Waals surface area contributed by atoms with Crippen molar-refractivity contribution in [1.82, 2.24) is 24.4 Å². The molecule has 3 aromatic rings. The smallest absolute Gasteiger partial charge is 0.178 e. The fraction of sp³-hybridized carbons (Fsp3) is 0.500. The maximum atomic E-state index is 5.48. The van der Waals surface area contributed by atoms with E-state index in [0.29, 0.717) is 6.61 Å². The number of imidazole rings is 1. The summed E-state index contributed by atoms with van der Waals surface area (Å²) in [4.78, 5) is 7.23. The summed E-state index contributed by atoms with van der Waals surface area (Å²) in [5.74, 6) is 0. The van der Waals surface area contributed by atoms with Crippen molar-refractivity contribution in [2.75, 3.05) is 44.9 Å². The molecular formula is C18H24N6O2. The molecule has 0 unspecified atom stereocenters. The van der Waals surface area contributed by atoms with Gasteiger partial charge in [-0.05, 0) is 12.5 Å². The van der Waals surface area contributed by atoms with Crippen molar-refractivity contribution in [2.24, 2.45) is 0 Å². The molecule has 3 aromatic heterocycles. The number of aromatic nitrogens is 5. The predicted molar refractivity (Wildman–Crippen MR) is 98.5 cm³/mol. The monoisotopic (exact) mass is 356 g/mol. The highest BCUT2D eigenvalue weighted by molar-refractivity contribution is 5.75. The van der Waals surface area contributed by atoms with Gasteiger partial charge in [-0.15, -0.1) is 0 Å². The Labute approximate surface area is 152 Å². The maximum Gasteiger partial charge on any atom is 0.178 e. The van der Waals surface area contributed by atoms with E-state index in [9.17, 15) is 0 Å². The number of ether oxygens (including phenoxy) is 2. The molecule has 26 heavy (non-hydrogen) atoms. The first kappa shape index (κ1) is 17.0. The van der Waals surface area contributed by atoms with Crippen LogP contribution in [0, 0.1) is 0 Å². The molecule has 1 aliphatic heterocycles. The number of methoxy groups -OCH3 is 1. The lowest BCUT2D eigenvalue weighted by atomic mass is 10.2. The van der Waals surface area contributed by atoms with Gasteiger partial charge in [0.15, 0.2) is 5.65 Å². The van der Waals surface area contributed by atoms with Crippen molar-refractivity contribution < 1.29 is 9.47 Å². The van der Waals surface area contributed by atoms with Gasteiger partial charge in [0, 0.05) is 32.0 Å². The highest BCUT2D eigenvalue weighted by atomic mass is 16.5. The molecule has 1 saturated heterocycles. The molecule has 0 N–H and O–H groups in total. The number of fused-ring (bicyclic) bond motifs is 1. The van der Waals surface area contributed by atoms with Crippen LogP contribution >= 0.6 is 0 Å². The SMILES string of the molecule is CCc1nc2c(N3CCOCC3)ccnn2c1-c1cnn(CCOC)c1. The molecule has 138 valence electrons. The third-order valence-corrected chi connectivity index (χ3v) is 4.69. The minimum atomic E-state index is 0.633. The molecule has 0 radical (unpaired) electrons. The lowest BCUT2D eigenvalue weighted by Crippen LogP contribution is -2.36. The molecule has 0 atom stereocenters. The Morgan fingerprint density at radius 3 is 2.85 bits per heavy atom.